The fourth-order valence-electron chi connectivity index (χ4n) is 5.13. The number of aliphatic hydroxyl groups excluding tert-OH is 1. The molecule has 2 aliphatic rings. The van der Waals surface area contributed by atoms with E-state index < -0.39 is 28.2 Å². The highest BCUT2D eigenvalue weighted by Crippen LogP contribution is 2.34. The monoisotopic (exact) mass is 658 g/mol. The molecule has 0 aromatic heterocycles. The van der Waals surface area contributed by atoms with Gasteiger partial charge in [-0.25, -0.2) is 13.2 Å². The lowest BCUT2D eigenvalue weighted by atomic mass is 10.0. The van der Waals surface area contributed by atoms with Gasteiger partial charge in [-0.15, -0.1) is 0 Å². The van der Waals surface area contributed by atoms with E-state index in [-0.39, 0.29) is 49.6 Å². The largest absolute Gasteiger partial charge is 0.488 e. The number of hydrogen-bond donors (Lipinski definition) is 3. The summed E-state index contributed by atoms with van der Waals surface area (Å²) in [5, 5.41) is 15.8. The number of hydrogen-bond acceptors (Lipinski definition) is 8. The van der Waals surface area contributed by atoms with Crippen LogP contribution in [0.25, 0.3) is 0 Å². The number of carbonyl (C=O) groups is 2. The Bertz CT molecular complexity index is 1670. The molecule has 14 heteroatoms. The van der Waals surface area contributed by atoms with Crippen LogP contribution in [0, 0.1) is 5.92 Å². The first kappa shape index (κ1) is 32.4. The van der Waals surface area contributed by atoms with Gasteiger partial charge in [-0.2, -0.15) is 4.31 Å². The first-order valence-corrected chi connectivity index (χ1v) is 16.2. The number of nitrogens with zero attached hydrogens (tertiary/aromatic N) is 2. The highest BCUT2D eigenvalue weighted by molar-refractivity contribution is 7.89. The van der Waals surface area contributed by atoms with Crippen molar-refractivity contribution in [3.8, 4) is 17.2 Å². The van der Waals surface area contributed by atoms with E-state index in [2.05, 4.69) is 10.6 Å². The van der Waals surface area contributed by atoms with Crippen LogP contribution in [0.15, 0.2) is 65.6 Å². The van der Waals surface area contributed by atoms with Crippen LogP contribution < -0.4 is 24.8 Å². The fraction of sp³-hybridized carbons (Fsp3) is 0.355. The van der Waals surface area contributed by atoms with Crippen molar-refractivity contribution in [2.24, 2.45) is 5.92 Å². The van der Waals surface area contributed by atoms with Crippen molar-refractivity contribution in [1.82, 2.24) is 9.21 Å². The number of fused-ring (bicyclic) bond motifs is 2. The summed E-state index contributed by atoms with van der Waals surface area (Å²) in [5.74, 6) is 0.949. The van der Waals surface area contributed by atoms with Crippen molar-refractivity contribution in [1.29, 1.82) is 0 Å². The number of ether oxygens (including phenoxy) is 3. The highest BCUT2D eigenvalue weighted by atomic mass is 35.5. The van der Waals surface area contributed by atoms with Gasteiger partial charge in [0.15, 0.2) is 11.5 Å². The lowest BCUT2D eigenvalue weighted by Crippen LogP contribution is -2.48. The predicted molar refractivity (Wildman–Crippen MR) is 168 cm³/mol. The van der Waals surface area contributed by atoms with E-state index in [1.54, 1.807) is 48.2 Å². The van der Waals surface area contributed by atoms with Crippen molar-refractivity contribution in [2.75, 3.05) is 44.2 Å². The summed E-state index contributed by atoms with van der Waals surface area (Å²) >= 11 is 5.96. The number of carbonyl (C=O) groups excluding carboxylic acids is 2. The van der Waals surface area contributed by atoms with Crippen molar-refractivity contribution < 1.29 is 37.3 Å². The molecule has 5 rings (SSSR count). The normalized spacial score (nSPS) is 18.7. The molecule has 3 aromatic rings. The molecule has 0 saturated carbocycles. The molecule has 0 radical (unpaired) electrons. The second-order valence-electron chi connectivity index (χ2n) is 11.1. The van der Waals surface area contributed by atoms with Crippen LogP contribution in [0.3, 0.4) is 0 Å². The molecule has 3 atom stereocenters. The van der Waals surface area contributed by atoms with Crippen LogP contribution in [0.2, 0.25) is 5.02 Å². The lowest BCUT2D eigenvalue weighted by molar-refractivity contribution is -0.134. The van der Waals surface area contributed by atoms with Gasteiger partial charge in [-0.05, 0) is 61.5 Å². The highest BCUT2D eigenvalue weighted by Gasteiger charge is 2.33. The minimum absolute atomic E-state index is 0.0148. The Morgan fingerprint density at radius 3 is 2.38 bits per heavy atom. The number of rotatable bonds is 8. The number of benzene rings is 3. The minimum Gasteiger partial charge on any atom is -0.488 e. The van der Waals surface area contributed by atoms with Crippen LogP contribution in [-0.2, 0) is 21.2 Å². The summed E-state index contributed by atoms with van der Waals surface area (Å²) in [6, 6.07) is 14.9. The average molecular weight is 659 g/mol. The Labute approximate surface area is 266 Å². The quantitative estimate of drug-likeness (QED) is 0.327. The van der Waals surface area contributed by atoms with Gasteiger partial charge in [0.2, 0.25) is 22.7 Å². The molecule has 0 unspecified atom stereocenters. The molecule has 2 aliphatic heterocycles. The van der Waals surface area contributed by atoms with Crippen LogP contribution in [0.5, 0.6) is 17.2 Å². The van der Waals surface area contributed by atoms with Gasteiger partial charge in [-0.3, -0.25) is 4.79 Å². The first-order chi connectivity index (χ1) is 21.4. The molecule has 0 aliphatic carbocycles. The summed E-state index contributed by atoms with van der Waals surface area (Å²) in [6.07, 6.45) is -0.722. The molecule has 3 amide bonds. The number of nitrogens with one attached hydrogen (secondary N) is 2. The number of aliphatic hydroxyl groups is 1. The van der Waals surface area contributed by atoms with Gasteiger partial charge < -0.3 is 34.9 Å². The molecule has 0 bridgehead atoms. The van der Waals surface area contributed by atoms with E-state index in [1.807, 2.05) is 6.92 Å². The summed E-state index contributed by atoms with van der Waals surface area (Å²) in [5.41, 5.74) is 1.41. The van der Waals surface area contributed by atoms with Crippen LogP contribution in [0.4, 0.5) is 16.2 Å². The molecule has 3 aromatic carbocycles. The van der Waals surface area contributed by atoms with Gasteiger partial charge in [0.25, 0.3) is 0 Å². The topological polar surface area (TPSA) is 147 Å². The average Bonchev–Trinajstić information content (AvgIpc) is 3.49. The fourth-order valence-corrected chi connectivity index (χ4v) is 6.44. The summed E-state index contributed by atoms with van der Waals surface area (Å²) in [4.78, 5) is 28.0. The summed E-state index contributed by atoms with van der Waals surface area (Å²) in [7, 11) is -2.41. The van der Waals surface area contributed by atoms with E-state index >= 15 is 0 Å². The number of likely N-dealkylation sites (N-methyl/N-ethyl adjacent to an activating group) is 1. The maximum atomic E-state index is 13.5. The van der Waals surface area contributed by atoms with Crippen molar-refractivity contribution >= 4 is 44.9 Å². The van der Waals surface area contributed by atoms with Crippen molar-refractivity contribution in [2.45, 2.75) is 37.3 Å². The molecular weight excluding hydrogens is 624 g/mol. The molecule has 3 N–H and O–H groups in total. The summed E-state index contributed by atoms with van der Waals surface area (Å²) in [6.45, 7) is 3.71. The molecule has 12 nitrogen and oxygen atoms in total. The smallest absolute Gasteiger partial charge is 0.323 e. The Kier molecular flexibility index (Phi) is 9.73. The maximum absolute atomic E-state index is 13.5. The second kappa shape index (κ2) is 13.5. The molecule has 0 fully saturated rings. The third-order valence-corrected chi connectivity index (χ3v) is 9.85. The van der Waals surface area contributed by atoms with E-state index in [9.17, 15) is 23.1 Å². The van der Waals surface area contributed by atoms with Gasteiger partial charge in [0.05, 0.1) is 30.5 Å². The molecular formula is C31H35ClN4O8S. The van der Waals surface area contributed by atoms with E-state index in [0.717, 1.165) is 0 Å². The first-order valence-electron chi connectivity index (χ1n) is 14.3. The van der Waals surface area contributed by atoms with Crippen LogP contribution in [-0.4, -0.2) is 80.4 Å². The van der Waals surface area contributed by atoms with E-state index in [0.29, 0.717) is 39.2 Å². The van der Waals surface area contributed by atoms with Gasteiger partial charge >= 0.3 is 6.03 Å². The SMILES string of the molecule is C[C@@H]1CN([C@@H](C)CO)C(=O)Cc2cc(NC(=O)Nc3ccc4c(c3)OCO4)ccc2O[C@@H]1CN(C)S(=O)(=O)c1ccc(Cl)cc1. The third-order valence-electron chi connectivity index (χ3n) is 7.76. The van der Waals surface area contributed by atoms with E-state index in [1.165, 1.54) is 35.6 Å². The number of halogens is 1. The van der Waals surface area contributed by atoms with Crippen LogP contribution in [0.1, 0.15) is 19.4 Å². The molecule has 0 spiro atoms. The molecule has 0 saturated heterocycles. The zero-order chi connectivity index (χ0) is 32.3. The molecule has 2 heterocycles. The summed E-state index contributed by atoms with van der Waals surface area (Å²) < 4.78 is 45.1. The molecule has 45 heavy (non-hydrogen) atoms. The predicted octanol–water partition coefficient (Wildman–Crippen LogP) is 4.18. The van der Waals surface area contributed by atoms with Gasteiger partial charge in [0, 0.05) is 47.5 Å². The Morgan fingerprint density at radius 2 is 1.69 bits per heavy atom. The second-order valence-corrected chi connectivity index (χ2v) is 13.6. The lowest BCUT2D eigenvalue weighted by Gasteiger charge is -2.33. The Morgan fingerprint density at radius 1 is 1.04 bits per heavy atom. The van der Waals surface area contributed by atoms with Crippen LogP contribution >= 0.6 is 11.6 Å². The zero-order valence-corrected chi connectivity index (χ0v) is 26.6. The number of amides is 3. The number of urea groups is 1. The third kappa shape index (κ3) is 7.44. The number of anilines is 2. The zero-order valence-electron chi connectivity index (χ0n) is 25.0. The maximum Gasteiger partial charge on any atom is 0.323 e. The van der Waals surface area contributed by atoms with Gasteiger partial charge in [0.1, 0.15) is 11.9 Å². The van der Waals surface area contributed by atoms with Crippen molar-refractivity contribution in [3.63, 3.8) is 0 Å². The minimum atomic E-state index is -3.88. The molecule has 240 valence electrons. The van der Waals surface area contributed by atoms with Crippen molar-refractivity contribution in [3.05, 3.63) is 71.2 Å². The Hall–Kier alpha value is -4.04. The standard InChI is InChI=1S/C31H35ClN4O8S/c1-19-15-36(20(2)17-37)30(38)13-21-12-23(33-31(39)34-24-7-11-27-28(14-24)43-18-42-27)6-10-26(21)44-29(19)16-35(3)45(40,41)25-8-4-22(32)5-9-25/h4-12,14,19-20,29,37H,13,15-18H2,1-3H3,(H2,33,34,39)/t19-,20+,29-/m1/s1. The Balaban J connectivity index is 1.38. The van der Waals surface area contributed by atoms with E-state index in [4.69, 9.17) is 25.8 Å². The number of sulfonamides is 1. The van der Waals surface area contributed by atoms with Gasteiger partial charge in [-0.1, -0.05) is 18.5 Å².